The lowest BCUT2D eigenvalue weighted by molar-refractivity contribution is 0.384. The Balaban J connectivity index is 2.20. The zero-order valence-corrected chi connectivity index (χ0v) is 13.6. The zero-order chi connectivity index (χ0) is 14.7. The maximum atomic E-state index is 11.9. The summed E-state index contributed by atoms with van der Waals surface area (Å²) in [6, 6.07) is 10.0. The lowest BCUT2D eigenvalue weighted by Gasteiger charge is -2.28. The number of hydrogen-bond acceptors (Lipinski definition) is 1. The number of rotatable bonds is 2. The van der Waals surface area contributed by atoms with Gasteiger partial charge in [0.2, 0.25) is 0 Å². The van der Waals surface area contributed by atoms with E-state index in [9.17, 15) is 14.4 Å². The van der Waals surface area contributed by atoms with Gasteiger partial charge in [-0.2, -0.15) is 0 Å². The van der Waals surface area contributed by atoms with Crippen LogP contribution in [0, 0.1) is 5.41 Å². The van der Waals surface area contributed by atoms with Crippen LogP contribution in [0.5, 0.6) is 0 Å². The Morgan fingerprint density at radius 3 is 2.25 bits per heavy atom. The van der Waals surface area contributed by atoms with E-state index < -0.39 is 15.5 Å². The molecule has 0 saturated carbocycles. The molecule has 0 amide bonds. The first kappa shape index (κ1) is 14.2. The van der Waals surface area contributed by atoms with Crippen molar-refractivity contribution in [3.8, 4) is 0 Å². The first-order valence-electron chi connectivity index (χ1n) is 6.58. The molecule has 2 aliphatic rings. The van der Waals surface area contributed by atoms with Gasteiger partial charge in [0.15, 0.2) is 0 Å². The van der Waals surface area contributed by atoms with Crippen LogP contribution in [0.2, 0.25) is 0 Å². The van der Waals surface area contributed by atoms with Crippen molar-refractivity contribution in [1.29, 1.82) is 0 Å². The van der Waals surface area contributed by atoms with Crippen molar-refractivity contribution in [2.24, 2.45) is 5.41 Å². The van der Waals surface area contributed by atoms with Gasteiger partial charge in [-0.1, -0.05) is 42.8 Å². The largest absolute Gasteiger partial charge is 0.356 e. The maximum Gasteiger partial charge on any atom is 0.356 e. The summed E-state index contributed by atoms with van der Waals surface area (Å²) in [4.78, 5) is 19.4. The van der Waals surface area contributed by atoms with E-state index in [4.69, 9.17) is 0 Å². The van der Waals surface area contributed by atoms with E-state index in [1.165, 1.54) is 10.9 Å². The second-order valence-electron chi connectivity index (χ2n) is 5.75. The molecule has 106 valence electrons. The van der Waals surface area contributed by atoms with Crippen LogP contribution in [-0.4, -0.2) is 15.9 Å². The van der Waals surface area contributed by atoms with Crippen LogP contribution in [0.1, 0.15) is 26.3 Å². The second kappa shape index (κ2) is 4.39. The lowest BCUT2D eigenvalue weighted by atomic mass is 9.78. The van der Waals surface area contributed by atoms with Gasteiger partial charge in [-0.05, 0) is 44.4 Å². The average Bonchev–Trinajstić information content (AvgIpc) is 2.77. The van der Waals surface area contributed by atoms with Gasteiger partial charge in [-0.15, -0.1) is 0 Å². The molecule has 0 fully saturated rings. The van der Waals surface area contributed by atoms with E-state index >= 15 is 0 Å². The molecule has 0 radical (unpaired) electrons. The van der Waals surface area contributed by atoms with E-state index in [0.29, 0.717) is 5.06 Å². The monoisotopic (exact) mass is 308 g/mol. The normalized spacial score (nSPS) is 29.6. The number of benzene rings is 1. The summed E-state index contributed by atoms with van der Waals surface area (Å²) in [5.74, 6) is 0. The topological polar surface area (TPSA) is 57.5 Å². The van der Waals surface area contributed by atoms with Gasteiger partial charge < -0.3 is 9.79 Å². The van der Waals surface area contributed by atoms with Crippen molar-refractivity contribution in [2.45, 2.75) is 20.8 Å². The molecule has 0 aliphatic carbocycles. The van der Waals surface area contributed by atoms with Gasteiger partial charge in [0.1, 0.15) is 0 Å². The maximum absolute atomic E-state index is 11.9. The van der Waals surface area contributed by atoms with Crippen molar-refractivity contribution >= 4 is 20.8 Å². The molecule has 3 nitrogen and oxygen atoms in total. The van der Waals surface area contributed by atoms with Crippen LogP contribution in [0.4, 0.5) is 0 Å². The predicted octanol–water partition coefficient (Wildman–Crippen LogP) is 4.34. The number of allylic oxidation sites excluding steroid dienone is 2. The quantitative estimate of drug-likeness (QED) is 0.799. The highest BCUT2D eigenvalue weighted by atomic mass is 31.2. The molecule has 20 heavy (non-hydrogen) atoms. The van der Waals surface area contributed by atoms with E-state index in [1.54, 1.807) is 0 Å². The van der Waals surface area contributed by atoms with Gasteiger partial charge in [0.25, 0.3) is 0 Å². The van der Waals surface area contributed by atoms with E-state index in [-0.39, 0.29) is 5.41 Å². The highest BCUT2D eigenvalue weighted by Gasteiger charge is 2.54. The van der Waals surface area contributed by atoms with Crippen LogP contribution < -0.4 is 0 Å². The summed E-state index contributed by atoms with van der Waals surface area (Å²) in [5, 5.41) is 1.59. The molecule has 2 unspecified atom stereocenters. The van der Waals surface area contributed by atoms with Crippen molar-refractivity contribution in [2.75, 3.05) is 6.16 Å². The molecule has 1 aromatic carbocycles. The minimum absolute atomic E-state index is 0.173. The Bertz CT molecular complexity index is 684. The second-order valence-corrected chi connectivity index (χ2v) is 9.71. The molecule has 2 atom stereocenters. The van der Waals surface area contributed by atoms with Crippen molar-refractivity contribution in [3.05, 3.63) is 52.1 Å². The van der Waals surface area contributed by atoms with E-state index in [1.807, 2.05) is 37.3 Å². The lowest BCUT2D eigenvalue weighted by Crippen LogP contribution is -2.17. The van der Waals surface area contributed by atoms with Crippen molar-refractivity contribution < 1.29 is 14.4 Å². The van der Waals surface area contributed by atoms with Crippen LogP contribution in [0.25, 0.3) is 5.31 Å². The van der Waals surface area contributed by atoms with Crippen LogP contribution in [0.15, 0.2) is 46.5 Å². The Morgan fingerprint density at radius 1 is 1.15 bits per heavy atom. The molecular formula is C15H18O3P2. The molecule has 1 aromatic rings. The van der Waals surface area contributed by atoms with Crippen molar-refractivity contribution in [1.82, 2.24) is 0 Å². The zero-order valence-electron chi connectivity index (χ0n) is 11.8. The van der Waals surface area contributed by atoms with Gasteiger partial charge in [0, 0.05) is 5.41 Å². The van der Waals surface area contributed by atoms with Gasteiger partial charge in [0.05, 0.1) is 5.06 Å². The first-order chi connectivity index (χ1) is 9.27. The van der Waals surface area contributed by atoms with Gasteiger partial charge in [-0.25, -0.2) is 0 Å². The summed E-state index contributed by atoms with van der Waals surface area (Å²) in [6.07, 6.45) is 0.852. The minimum Gasteiger partial charge on any atom is -0.321 e. The Hall–Kier alpha value is -0.720. The molecule has 0 aromatic heterocycles. The fraction of sp³-hybridized carbons (Fsp3) is 0.333. The number of fused-ring (bicyclic) bond motifs is 2. The average molecular weight is 308 g/mol. The summed E-state index contributed by atoms with van der Waals surface area (Å²) in [7, 11) is -5.06. The molecule has 2 N–H and O–H groups in total. The SMILES string of the molecule is CC1=C(c2ccccc2)P2CC1(C)C(C)=C2P(=O)(O)O. The molecule has 0 spiro atoms. The molecule has 3 rings (SSSR count). The highest BCUT2D eigenvalue weighted by molar-refractivity contribution is 7.86. The fourth-order valence-corrected chi connectivity index (χ4v) is 9.20. The smallest absolute Gasteiger partial charge is 0.321 e. The Kier molecular flexibility index (Phi) is 3.12. The summed E-state index contributed by atoms with van der Waals surface area (Å²) in [6.45, 7) is 6.12. The predicted molar refractivity (Wildman–Crippen MR) is 83.7 cm³/mol. The highest BCUT2D eigenvalue weighted by Crippen LogP contribution is 2.82. The third-order valence-corrected chi connectivity index (χ3v) is 9.99. The van der Waals surface area contributed by atoms with Gasteiger partial charge >= 0.3 is 7.60 Å². The molecule has 0 saturated heterocycles. The third kappa shape index (κ3) is 1.81. The van der Waals surface area contributed by atoms with E-state index in [0.717, 1.165) is 17.3 Å². The van der Waals surface area contributed by atoms with Crippen LogP contribution in [0.3, 0.4) is 0 Å². The van der Waals surface area contributed by atoms with Crippen LogP contribution >= 0.6 is 15.5 Å². The standard InChI is InChI=1S/C15H18O3P2/c1-10-13(12-7-5-4-6-8-12)19-9-15(10,3)11(2)14(19)20(16,17)18/h4-8H,9H2,1-3H3,(H2,16,17,18). The summed E-state index contributed by atoms with van der Waals surface area (Å²) < 4.78 is 11.9. The first-order valence-corrected chi connectivity index (χ1v) is 9.72. The summed E-state index contributed by atoms with van der Waals surface area (Å²) in [5.41, 5.74) is 3.12. The fourth-order valence-electron chi connectivity index (χ4n) is 3.35. The molecule has 2 heterocycles. The molecule has 5 heteroatoms. The van der Waals surface area contributed by atoms with Gasteiger partial charge in [-0.3, -0.25) is 4.57 Å². The van der Waals surface area contributed by atoms with Crippen molar-refractivity contribution in [3.63, 3.8) is 0 Å². The molecular weight excluding hydrogens is 290 g/mol. The Morgan fingerprint density at radius 2 is 1.75 bits per heavy atom. The minimum atomic E-state index is -4.16. The Labute approximate surface area is 120 Å². The summed E-state index contributed by atoms with van der Waals surface area (Å²) >= 11 is 0. The van der Waals surface area contributed by atoms with E-state index in [2.05, 4.69) is 13.8 Å². The van der Waals surface area contributed by atoms with Crippen LogP contribution in [-0.2, 0) is 4.57 Å². The molecule has 2 bridgehead atoms. The molecule has 2 aliphatic heterocycles. The number of hydrogen-bond donors (Lipinski definition) is 2. The third-order valence-electron chi connectivity index (χ3n) is 4.67.